The molecular weight excluding hydrogens is 255 g/mol. The van der Waals surface area contributed by atoms with Crippen LogP contribution in [0.3, 0.4) is 0 Å². The molecule has 0 saturated heterocycles. The lowest BCUT2D eigenvalue weighted by Crippen LogP contribution is -2.15. The van der Waals surface area contributed by atoms with Crippen molar-refractivity contribution in [2.45, 2.75) is 19.6 Å². The van der Waals surface area contributed by atoms with Gasteiger partial charge in [-0.1, -0.05) is 6.07 Å². The second-order valence-electron chi connectivity index (χ2n) is 4.33. The fourth-order valence-electron chi connectivity index (χ4n) is 1.87. The molecule has 0 spiro atoms. The summed E-state index contributed by atoms with van der Waals surface area (Å²) in [6.45, 7) is 2.01. The van der Waals surface area contributed by atoms with Crippen LogP contribution in [0, 0.1) is 6.92 Å². The number of hydrogen-bond donors (Lipinski definition) is 1. The number of aromatic nitrogens is 2. The number of alkyl halides is 3. The molecule has 0 aliphatic carbocycles. The third-order valence-electron chi connectivity index (χ3n) is 2.74. The molecule has 19 heavy (non-hydrogen) atoms. The average molecular weight is 269 g/mol. The molecular formula is C13H14F3N3. The molecule has 0 radical (unpaired) electrons. The summed E-state index contributed by atoms with van der Waals surface area (Å²) in [6, 6.07) is 4.24. The van der Waals surface area contributed by atoms with E-state index in [1.54, 1.807) is 25.5 Å². The van der Waals surface area contributed by atoms with Gasteiger partial charge < -0.3 is 5.32 Å². The number of benzene rings is 1. The maximum Gasteiger partial charge on any atom is 0.416 e. The second-order valence-corrected chi connectivity index (χ2v) is 4.33. The Bertz CT molecular complexity index is 573. The van der Waals surface area contributed by atoms with Gasteiger partial charge in [0.1, 0.15) is 0 Å². The van der Waals surface area contributed by atoms with Gasteiger partial charge in [0, 0.05) is 12.7 Å². The zero-order valence-corrected chi connectivity index (χ0v) is 10.6. The zero-order chi connectivity index (χ0) is 14.0. The maximum atomic E-state index is 13.0. The molecule has 0 fully saturated rings. The Morgan fingerprint density at radius 2 is 2.05 bits per heavy atom. The monoisotopic (exact) mass is 269 g/mol. The Morgan fingerprint density at radius 1 is 1.32 bits per heavy atom. The quantitative estimate of drug-likeness (QED) is 0.928. The van der Waals surface area contributed by atoms with Crippen LogP contribution in [0.25, 0.3) is 5.69 Å². The minimum atomic E-state index is -4.37. The summed E-state index contributed by atoms with van der Waals surface area (Å²) in [5.41, 5.74) is 0.892. The Kier molecular flexibility index (Phi) is 3.61. The molecule has 1 aromatic heterocycles. The van der Waals surface area contributed by atoms with E-state index >= 15 is 0 Å². The van der Waals surface area contributed by atoms with Crippen LogP contribution in [-0.4, -0.2) is 16.8 Å². The van der Waals surface area contributed by atoms with E-state index < -0.39 is 11.7 Å². The van der Waals surface area contributed by atoms with Crippen molar-refractivity contribution in [1.29, 1.82) is 0 Å². The van der Waals surface area contributed by atoms with Crippen molar-refractivity contribution in [3.05, 3.63) is 47.3 Å². The average Bonchev–Trinajstić information content (AvgIpc) is 2.75. The lowest BCUT2D eigenvalue weighted by atomic mass is 10.1. The number of aryl methyl sites for hydroxylation is 1. The van der Waals surface area contributed by atoms with Crippen LogP contribution in [0.15, 0.2) is 30.6 Å². The molecule has 1 heterocycles. The molecule has 0 amide bonds. The second kappa shape index (κ2) is 5.05. The fourth-order valence-corrected chi connectivity index (χ4v) is 1.87. The molecule has 3 nitrogen and oxygen atoms in total. The normalized spacial score (nSPS) is 11.8. The van der Waals surface area contributed by atoms with Gasteiger partial charge in [0.2, 0.25) is 0 Å². The molecule has 0 saturated carbocycles. The highest BCUT2D eigenvalue weighted by Gasteiger charge is 2.33. The number of rotatable bonds is 3. The first-order valence-corrected chi connectivity index (χ1v) is 5.78. The standard InChI is InChI=1S/C13H14F3N3/c1-9-6-18-19(8-9)11-4-3-10(7-17-2)12(5-11)13(14,15)16/h3-6,8,17H,7H2,1-2H3. The van der Waals surface area contributed by atoms with E-state index in [2.05, 4.69) is 10.4 Å². The third-order valence-corrected chi connectivity index (χ3v) is 2.74. The first kappa shape index (κ1) is 13.6. The summed E-state index contributed by atoms with van der Waals surface area (Å²) in [5.74, 6) is 0. The fraction of sp³-hybridized carbons (Fsp3) is 0.308. The van der Waals surface area contributed by atoms with Gasteiger partial charge in [-0.25, -0.2) is 4.68 Å². The molecule has 0 unspecified atom stereocenters. The van der Waals surface area contributed by atoms with E-state index in [0.29, 0.717) is 5.69 Å². The van der Waals surface area contributed by atoms with Gasteiger partial charge in [0.05, 0.1) is 17.4 Å². The Balaban J connectivity index is 2.49. The van der Waals surface area contributed by atoms with Crippen molar-refractivity contribution in [1.82, 2.24) is 15.1 Å². The van der Waals surface area contributed by atoms with Crippen molar-refractivity contribution < 1.29 is 13.2 Å². The third kappa shape index (κ3) is 2.96. The van der Waals surface area contributed by atoms with Crippen LogP contribution in [0.4, 0.5) is 13.2 Å². The minimum absolute atomic E-state index is 0.174. The van der Waals surface area contributed by atoms with E-state index in [9.17, 15) is 13.2 Å². The van der Waals surface area contributed by atoms with Crippen LogP contribution in [-0.2, 0) is 12.7 Å². The highest BCUT2D eigenvalue weighted by Crippen LogP contribution is 2.33. The molecule has 102 valence electrons. The van der Waals surface area contributed by atoms with E-state index in [0.717, 1.165) is 11.6 Å². The first-order valence-electron chi connectivity index (χ1n) is 5.78. The van der Waals surface area contributed by atoms with E-state index in [1.165, 1.54) is 10.7 Å². The predicted molar refractivity (Wildman–Crippen MR) is 66.1 cm³/mol. The molecule has 0 bridgehead atoms. The van der Waals surface area contributed by atoms with E-state index in [4.69, 9.17) is 0 Å². The molecule has 0 aliphatic heterocycles. The minimum Gasteiger partial charge on any atom is -0.316 e. The van der Waals surface area contributed by atoms with Gasteiger partial charge in [-0.2, -0.15) is 18.3 Å². The molecule has 2 aromatic rings. The Labute approximate surface area is 109 Å². The number of hydrogen-bond acceptors (Lipinski definition) is 2. The molecule has 6 heteroatoms. The lowest BCUT2D eigenvalue weighted by Gasteiger charge is -2.14. The van der Waals surface area contributed by atoms with Crippen LogP contribution in [0.5, 0.6) is 0 Å². The zero-order valence-electron chi connectivity index (χ0n) is 10.6. The topological polar surface area (TPSA) is 29.9 Å². The smallest absolute Gasteiger partial charge is 0.316 e. The maximum absolute atomic E-state index is 13.0. The van der Waals surface area contributed by atoms with Gasteiger partial charge in [0.15, 0.2) is 0 Å². The van der Waals surface area contributed by atoms with Crippen molar-refractivity contribution in [3.63, 3.8) is 0 Å². The SMILES string of the molecule is CNCc1ccc(-n2cc(C)cn2)cc1C(F)(F)F. The van der Waals surface area contributed by atoms with Gasteiger partial charge in [0.25, 0.3) is 0 Å². The molecule has 1 N–H and O–H groups in total. The summed E-state index contributed by atoms with van der Waals surface area (Å²) >= 11 is 0. The van der Waals surface area contributed by atoms with E-state index in [1.807, 2.05) is 6.92 Å². The summed E-state index contributed by atoms with van der Waals surface area (Å²) in [5, 5.41) is 6.76. The van der Waals surface area contributed by atoms with Crippen molar-refractivity contribution in [2.24, 2.45) is 0 Å². The van der Waals surface area contributed by atoms with Gasteiger partial charge in [-0.3, -0.25) is 0 Å². The molecule has 1 aromatic carbocycles. The first-order chi connectivity index (χ1) is 8.91. The van der Waals surface area contributed by atoms with Gasteiger partial charge >= 0.3 is 6.18 Å². The Hall–Kier alpha value is -1.82. The van der Waals surface area contributed by atoms with E-state index in [-0.39, 0.29) is 12.1 Å². The van der Waals surface area contributed by atoms with Gasteiger partial charge in [-0.05, 0) is 37.2 Å². The molecule has 2 rings (SSSR count). The number of nitrogens with one attached hydrogen (secondary N) is 1. The van der Waals surface area contributed by atoms with Crippen LogP contribution >= 0.6 is 0 Å². The lowest BCUT2D eigenvalue weighted by molar-refractivity contribution is -0.138. The number of nitrogens with zero attached hydrogens (tertiary/aromatic N) is 2. The summed E-state index contributed by atoms with van der Waals surface area (Å²) < 4.78 is 40.5. The van der Waals surface area contributed by atoms with Crippen molar-refractivity contribution >= 4 is 0 Å². The van der Waals surface area contributed by atoms with Crippen molar-refractivity contribution in [2.75, 3.05) is 7.05 Å². The van der Waals surface area contributed by atoms with Crippen LogP contribution in [0.1, 0.15) is 16.7 Å². The van der Waals surface area contributed by atoms with Gasteiger partial charge in [-0.15, -0.1) is 0 Å². The predicted octanol–water partition coefficient (Wildman–Crippen LogP) is 2.92. The van der Waals surface area contributed by atoms with Crippen LogP contribution in [0.2, 0.25) is 0 Å². The largest absolute Gasteiger partial charge is 0.416 e. The summed E-state index contributed by atoms with van der Waals surface area (Å²) in [7, 11) is 1.62. The summed E-state index contributed by atoms with van der Waals surface area (Å²) in [4.78, 5) is 0. The van der Waals surface area contributed by atoms with Crippen molar-refractivity contribution in [3.8, 4) is 5.69 Å². The molecule has 0 aliphatic rings. The number of halogens is 3. The highest BCUT2D eigenvalue weighted by molar-refractivity contribution is 5.42. The summed E-state index contributed by atoms with van der Waals surface area (Å²) in [6.07, 6.45) is -1.08. The highest BCUT2D eigenvalue weighted by atomic mass is 19.4. The Morgan fingerprint density at radius 3 is 2.58 bits per heavy atom. The molecule has 0 atom stereocenters. The van der Waals surface area contributed by atoms with Crippen LogP contribution < -0.4 is 5.32 Å².